The Morgan fingerprint density at radius 2 is 1.85 bits per heavy atom. The molecule has 1 aliphatic carbocycles. The lowest BCUT2D eigenvalue weighted by Crippen LogP contribution is -2.17. The fourth-order valence-electron chi connectivity index (χ4n) is 2.85. The molecule has 0 N–H and O–H groups in total. The molecule has 0 heterocycles. The highest BCUT2D eigenvalue weighted by molar-refractivity contribution is 4.74. The van der Waals surface area contributed by atoms with Crippen LogP contribution in [0.3, 0.4) is 0 Å². The van der Waals surface area contributed by atoms with Crippen LogP contribution in [0.2, 0.25) is 0 Å². The van der Waals surface area contributed by atoms with Crippen molar-refractivity contribution in [2.45, 2.75) is 64.7 Å². The molecule has 77 valence electrons. The minimum Gasteiger partial charge on any atom is -0.0654 e. The van der Waals surface area contributed by atoms with E-state index < -0.39 is 0 Å². The van der Waals surface area contributed by atoms with Gasteiger partial charge in [-0.25, -0.2) is 0 Å². The van der Waals surface area contributed by atoms with E-state index in [0.717, 1.165) is 18.3 Å². The van der Waals surface area contributed by atoms with Crippen LogP contribution in [-0.4, -0.2) is 0 Å². The Balaban J connectivity index is 2.32. The fourth-order valence-corrected chi connectivity index (χ4v) is 2.85. The molecule has 0 aromatic carbocycles. The van der Waals surface area contributed by atoms with Crippen LogP contribution in [-0.2, 0) is 0 Å². The van der Waals surface area contributed by atoms with Gasteiger partial charge in [0.15, 0.2) is 0 Å². The van der Waals surface area contributed by atoms with Crippen molar-refractivity contribution in [1.82, 2.24) is 0 Å². The third-order valence-electron chi connectivity index (χ3n) is 3.55. The molecule has 0 amide bonds. The van der Waals surface area contributed by atoms with Gasteiger partial charge in [0.1, 0.15) is 0 Å². The Morgan fingerprint density at radius 3 is 2.38 bits per heavy atom. The molecule has 1 fully saturated rings. The van der Waals surface area contributed by atoms with Crippen molar-refractivity contribution in [2.75, 3.05) is 0 Å². The third kappa shape index (κ3) is 3.70. The molecule has 0 aliphatic heterocycles. The molecule has 0 aromatic heterocycles. The molecule has 13 heavy (non-hydrogen) atoms. The molecule has 1 rings (SSSR count). The Kier molecular flexibility index (Phi) is 5.50. The van der Waals surface area contributed by atoms with Crippen LogP contribution in [0.15, 0.2) is 0 Å². The first kappa shape index (κ1) is 11.1. The molecule has 0 aromatic rings. The standard InChI is InChI=1S/C13H25/c1-3-8-12(9-4-2)13-10-6-5-7-11-13/h12-13H,1,3-11H2,2H3/t12-/m0/s1. The predicted molar refractivity (Wildman–Crippen MR) is 59.6 cm³/mol. The zero-order chi connectivity index (χ0) is 9.52. The predicted octanol–water partition coefficient (Wildman–Crippen LogP) is 4.60. The smallest absolute Gasteiger partial charge is 0.0386 e. The van der Waals surface area contributed by atoms with E-state index >= 15 is 0 Å². The second-order valence-corrected chi connectivity index (χ2v) is 4.59. The molecule has 0 bridgehead atoms. The molecule has 1 saturated carbocycles. The first-order chi connectivity index (χ1) is 6.38. The minimum atomic E-state index is 1.00. The zero-order valence-corrected chi connectivity index (χ0v) is 9.23. The molecule has 0 nitrogen and oxygen atoms in total. The summed E-state index contributed by atoms with van der Waals surface area (Å²) in [6.07, 6.45) is 12.8. The van der Waals surface area contributed by atoms with E-state index in [0.29, 0.717) is 0 Å². The second kappa shape index (κ2) is 6.45. The highest BCUT2D eigenvalue weighted by atomic mass is 14.3. The Bertz CT molecular complexity index is 105. The first-order valence-corrected chi connectivity index (χ1v) is 6.17. The molecule has 1 radical (unpaired) electrons. The molecular weight excluding hydrogens is 156 g/mol. The van der Waals surface area contributed by atoms with Gasteiger partial charge in [0.25, 0.3) is 0 Å². The van der Waals surface area contributed by atoms with E-state index in [1.807, 2.05) is 0 Å². The van der Waals surface area contributed by atoms with Crippen LogP contribution in [0.1, 0.15) is 64.7 Å². The van der Waals surface area contributed by atoms with E-state index in [-0.39, 0.29) is 0 Å². The number of hydrogen-bond acceptors (Lipinski definition) is 0. The van der Waals surface area contributed by atoms with Crippen LogP contribution in [0, 0.1) is 18.8 Å². The maximum Gasteiger partial charge on any atom is -0.0386 e. The Labute approximate surface area is 84.1 Å². The van der Waals surface area contributed by atoms with E-state index in [2.05, 4.69) is 13.8 Å². The molecule has 0 spiro atoms. The van der Waals surface area contributed by atoms with Gasteiger partial charge in [-0.3, -0.25) is 0 Å². The SMILES string of the molecule is [CH2]CC[C@@H](CCC)C1CCCCC1. The van der Waals surface area contributed by atoms with Crippen molar-refractivity contribution in [2.24, 2.45) is 11.8 Å². The first-order valence-electron chi connectivity index (χ1n) is 6.17. The lowest BCUT2D eigenvalue weighted by atomic mass is 9.76. The zero-order valence-electron chi connectivity index (χ0n) is 9.23. The van der Waals surface area contributed by atoms with Crippen LogP contribution < -0.4 is 0 Å². The van der Waals surface area contributed by atoms with Crippen LogP contribution in [0.25, 0.3) is 0 Å². The van der Waals surface area contributed by atoms with Gasteiger partial charge in [0, 0.05) is 0 Å². The summed E-state index contributed by atoms with van der Waals surface area (Å²) in [6, 6.07) is 0. The Hall–Kier alpha value is 0. The highest BCUT2D eigenvalue weighted by Crippen LogP contribution is 2.34. The van der Waals surface area contributed by atoms with Gasteiger partial charge >= 0.3 is 0 Å². The average Bonchev–Trinajstić information content (AvgIpc) is 2.19. The quantitative estimate of drug-likeness (QED) is 0.581. The van der Waals surface area contributed by atoms with Gasteiger partial charge in [-0.15, -0.1) is 0 Å². The van der Waals surface area contributed by atoms with Crippen molar-refractivity contribution in [1.29, 1.82) is 0 Å². The van der Waals surface area contributed by atoms with Gasteiger partial charge in [0.05, 0.1) is 0 Å². The highest BCUT2D eigenvalue weighted by Gasteiger charge is 2.21. The fraction of sp³-hybridized carbons (Fsp3) is 0.923. The molecule has 1 atom stereocenters. The van der Waals surface area contributed by atoms with E-state index in [1.54, 1.807) is 0 Å². The van der Waals surface area contributed by atoms with Crippen molar-refractivity contribution in [3.8, 4) is 0 Å². The summed E-state index contributed by atoms with van der Waals surface area (Å²) in [5, 5.41) is 0. The summed E-state index contributed by atoms with van der Waals surface area (Å²) >= 11 is 0. The van der Waals surface area contributed by atoms with Gasteiger partial charge in [-0.05, 0) is 11.8 Å². The Morgan fingerprint density at radius 1 is 1.15 bits per heavy atom. The van der Waals surface area contributed by atoms with E-state index in [9.17, 15) is 0 Å². The number of rotatable bonds is 5. The van der Waals surface area contributed by atoms with Crippen molar-refractivity contribution in [3.63, 3.8) is 0 Å². The summed E-state index contributed by atoms with van der Waals surface area (Å²) in [5.74, 6) is 2.05. The lowest BCUT2D eigenvalue weighted by molar-refractivity contribution is 0.224. The van der Waals surface area contributed by atoms with Gasteiger partial charge in [0.2, 0.25) is 0 Å². The van der Waals surface area contributed by atoms with Crippen molar-refractivity contribution in [3.05, 3.63) is 6.92 Å². The van der Waals surface area contributed by atoms with Gasteiger partial charge < -0.3 is 0 Å². The van der Waals surface area contributed by atoms with E-state index in [4.69, 9.17) is 0 Å². The number of hydrogen-bond donors (Lipinski definition) is 0. The topological polar surface area (TPSA) is 0 Å². The second-order valence-electron chi connectivity index (χ2n) is 4.59. The van der Waals surface area contributed by atoms with Crippen molar-refractivity contribution < 1.29 is 0 Å². The molecule has 0 heteroatoms. The normalized spacial score (nSPS) is 19.6. The minimum absolute atomic E-state index is 1.00. The summed E-state index contributed by atoms with van der Waals surface area (Å²) < 4.78 is 0. The summed E-state index contributed by atoms with van der Waals surface area (Å²) in [4.78, 5) is 0. The van der Waals surface area contributed by atoms with Crippen LogP contribution in [0.4, 0.5) is 0 Å². The molecular formula is C13H25. The lowest BCUT2D eigenvalue weighted by Gasteiger charge is -2.30. The summed E-state index contributed by atoms with van der Waals surface area (Å²) in [7, 11) is 0. The van der Waals surface area contributed by atoms with Gasteiger partial charge in [-0.1, -0.05) is 71.6 Å². The third-order valence-corrected chi connectivity index (χ3v) is 3.55. The molecule has 1 aliphatic rings. The van der Waals surface area contributed by atoms with E-state index in [1.165, 1.54) is 51.4 Å². The van der Waals surface area contributed by atoms with Crippen LogP contribution in [0.5, 0.6) is 0 Å². The maximum atomic E-state index is 4.00. The molecule has 0 unspecified atom stereocenters. The largest absolute Gasteiger partial charge is 0.0654 e. The maximum absolute atomic E-state index is 4.00. The average molecular weight is 181 g/mol. The van der Waals surface area contributed by atoms with Crippen LogP contribution >= 0.6 is 0 Å². The summed E-state index contributed by atoms with van der Waals surface area (Å²) in [5.41, 5.74) is 0. The van der Waals surface area contributed by atoms with Crippen molar-refractivity contribution >= 4 is 0 Å². The van der Waals surface area contributed by atoms with Gasteiger partial charge in [-0.2, -0.15) is 0 Å². The monoisotopic (exact) mass is 181 g/mol. The molecule has 0 saturated heterocycles. The summed E-state index contributed by atoms with van der Waals surface area (Å²) in [6.45, 7) is 6.32.